The van der Waals surface area contributed by atoms with E-state index in [-0.39, 0.29) is 5.82 Å². The number of anilines is 1. The van der Waals surface area contributed by atoms with Crippen LogP contribution in [0.25, 0.3) is 11.5 Å². The number of pyridine rings is 1. The molecule has 0 atom stereocenters. The molecule has 1 aromatic carbocycles. The summed E-state index contributed by atoms with van der Waals surface area (Å²) in [6.07, 6.45) is 3.43. The van der Waals surface area contributed by atoms with Crippen LogP contribution in [0, 0.1) is 5.82 Å². The van der Waals surface area contributed by atoms with E-state index in [1.807, 2.05) is 19.1 Å². The third-order valence-electron chi connectivity index (χ3n) is 5.13. The van der Waals surface area contributed by atoms with Crippen molar-refractivity contribution in [2.24, 2.45) is 0 Å². The van der Waals surface area contributed by atoms with Crippen molar-refractivity contribution in [2.45, 2.75) is 26.3 Å². The van der Waals surface area contributed by atoms with Gasteiger partial charge < -0.3 is 9.42 Å². The number of halogens is 2. The minimum atomic E-state index is -0.256. The molecule has 1 aliphatic rings. The highest BCUT2D eigenvalue weighted by Gasteiger charge is 2.22. The fraction of sp³-hybridized carbons (Fsp3) is 0.381. The standard InChI is InChI=1S/C21H23ClFN5O/c1-2-19-25-21(29-26-19)15-6-4-9-24-20(15)28-11-5-10-27(12-13-28)14-16-17(22)7-3-8-18(16)23/h3-4,6-9H,2,5,10-14H2,1H3. The summed E-state index contributed by atoms with van der Waals surface area (Å²) < 4.78 is 19.6. The first-order chi connectivity index (χ1) is 14.2. The fourth-order valence-electron chi connectivity index (χ4n) is 3.57. The maximum absolute atomic E-state index is 14.2. The molecular weight excluding hydrogens is 393 g/mol. The molecule has 3 aromatic rings. The molecule has 152 valence electrons. The Bertz CT molecular complexity index is 959. The minimum absolute atomic E-state index is 0.256. The summed E-state index contributed by atoms with van der Waals surface area (Å²) in [5.74, 6) is 1.75. The van der Waals surface area contributed by atoms with Crippen LogP contribution in [0.5, 0.6) is 0 Å². The lowest BCUT2D eigenvalue weighted by atomic mass is 10.2. The molecule has 0 unspecified atom stereocenters. The highest BCUT2D eigenvalue weighted by atomic mass is 35.5. The normalized spacial score (nSPS) is 15.5. The molecule has 0 bridgehead atoms. The van der Waals surface area contributed by atoms with E-state index in [9.17, 15) is 4.39 Å². The largest absolute Gasteiger partial charge is 0.355 e. The maximum atomic E-state index is 14.2. The summed E-state index contributed by atoms with van der Waals surface area (Å²) >= 11 is 6.21. The molecular formula is C21H23ClFN5O. The van der Waals surface area contributed by atoms with Gasteiger partial charge in [0.2, 0.25) is 0 Å². The van der Waals surface area contributed by atoms with Gasteiger partial charge in [-0.1, -0.05) is 29.7 Å². The fourth-order valence-corrected chi connectivity index (χ4v) is 3.79. The second-order valence-corrected chi connectivity index (χ2v) is 7.47. The summed E-state index contributed by atoms with van der Waals surface area (Å²) in [4.78, 5) is 13.5. The van der Waals surface area contributed by atoms with Crippen molar-refractivity contribution in [1.82, 2.24) is 20.0 Å². The van der Waals surface area contributed by atoms with E-state index >= 15 is 0 Å². The van der Waals surface area contributed by atoms with E-state index in [0.29, 0.717) is 28.8 Å². The number of hydrogen-bond donors (Lipinski definition) is 0. The van der Waals surface area contributed by atoms with Gasteiger partial charge in [-0.15, -0.1) is 0 Å². The first-order valence-corrected chi connectivity index (χ1v) is 10.2. The Morgan fingerprint density at radius 2 is 2.03 bits per heavy atom. The molecule has 0 saturated carbocycles. The Balaban J connectivity index is 1.51. The van der Waals surface area contributed by atoms with E-state index < -0.39 is 0 Å². The van der Waals surface area contributed by atoms with Crippen LogP contribution in [0.2, 0.25) is 5.02 Å². The number of benzene rings is 1. The number of rotatable bonds is 5. The number of aryl methyl sites for hydroxylation is 1. The minimum Gasteiger partial charge on any atom is -0.355 e. The van der Waals surface area contributed by atoms with E-state index in [4.69, 9.17) is 16.1 Å². The van der Waals surface area contributed by atoms with Gasteiger partial charge in [0.15, 0.2) is 5.82 Å². The zero-order chi connectivity index (χ0) is 20.2. The molecule has 3 heterocycles. The molecule has 0 N–H and O–H groups in total. The molecule has 0 spiro atoms. The Kier molecular flexibility index (Phi) is 6.06. The molecule has 4 rings (SSSR count). The molecule has 0 amide bonds. The average molecular weight is 416 g/mol. The van der Waals surface area contributed by atoms with Crippen molar-refractivity contribution >= 4 is 17.4 Å². The van der Waals surface area contributed by atoms with Crippen LogP contribution in [0.15, 0.2) is 41.1 Å². The Hall–Kier alpha value is -2.51. The first-order valence-electron chi connectivity index (χ1n) is 9.84. The van der Waals surface area contributed by atoms with Gasteiger partial charge >= 0.3 is 0 Å². The van der Waals surface area contributed by atoms with Gasteiger partial charge in [-0.2, -0.15) is 4.98 Å². The van der Waals surface area contributed by atoms with E-state index in [0.717, 1.165) is 50.4 Å². The quantitative estimate of drug-likeness (QED) is 0.622. The van der Waals surface area contributed by atoms with E-state index in [1.165, 1.54) is 6.07 Å². The predicted molar refractivity (Wildman–Crippen MR) is 110 cm³/mol. The van der Waals surface area contributed by atoms with Crippen molar-refractivity contribution in [3.63, 3.8) is 0 Å². The van der Waals surface area contributed by atoms with Crippen molar-refractivity contribution in [2.75, 3.05) is 31.1 Å². The third-order valence-corrected chi connectivity index (χ3v) is 5.49. The predicted octanol–water partition coefficient (Wildman–Crippen LogP) is 4.20. The van der Waals surface area contributed by atoms with Gasteiger partial charge in [0.1, 0.15) is 11.6 Å². The highest BCUT2D eigenvalue weighted by molar-refractivity contribution is 6.31. The van der Waals surface area contributed by atoms with Gasteiger partial charge in [0, 0.05) is 55.9 Å². The summed E-state index contributed by atoms with van der Waals surface area (Å²) in [6.45, 7) is 5.75. The molecule has 8 heteroatoms. The molecule has 6 nitrogen and oxygen atoms in total. The van der Waals surface area contributed by atoms with Gasteiger partial charge in [-0.05, 0) is 30.7 Å². The number of hydrogen-bond acceptors (Lipinski definition) is 6. The maximum Gasteiger partial charge on any atom is 0.261 e. The Labute approximate surface area is 174 Å². The molecule has 2 aromatic heterocycles. The van der Waals surface area contributed by atoms with Crippen LogP contribution in [-0.2, 0) is 13.0 Å². The molecule has 1 fully saturated rings. The SMILES string of the molecule is CCc1noc(-c2cccnc2N2CCCN(Cc3c(F)cccc3Cl)CC2)n1. The number of nitrogens with zero attached hydrogens (tertiary/aromatic N) is 5. The van der Waals surface area contributed by atoms with E-state index in [2.05, 4.69) is 24.9 Å². The van der Waals surface area contributed by atoms with Gasteiger partial charge in [-0.3, -0.25) is 4.90 Å². The van der Waals surface area contributed by atoms with Crippen molar-refractivity contribution < 1.29 is 8.91 Å². The van der Waals surface area contributed by atoms with E-state index in [1.54, 1.807) is 18.3 Å². The third kappa shape index (κ3) is 4.41. The molecule has 29 heavy (non-hydrogen) atoms. The summed E-state index contributed by atoms with van der Waals surface area (Å²) in [5, 5.41) is 4.48. The second kappa shape index (κ2) is 8.88. The number of aromatic nitrogens is 3. The van der Waals surface area contributed by atoms with Gasteiger partial charge in [0.25, 0.3) is 5.89 Å². The van der Waals surface area contributed by atoms with Gasteiger partial charge in [-0.25, -0.2) is 9.37 Å². The van der Waals surface area contributed by atoms with Crippen LogP contribution in [0.4, 0.5) is 10.2 Å². The summed E-state index contributed by atoms with van der Waals surface area (Å²) in [5.41, 5.74) is 1.39. The Morgan fingerprint density at radius 3 is 2.83 bits per heavy atom. The lowest BCUT2D eigenvalue weighted by Gasteiger charge is -2.24. The first kappa shape index (κ1) is 19.8. The lowest BCUT2D eigenvalue weighted by Crippen LogP contribution is -2.31. The smallest absolute Gasteiger partial charge is 0.261 e. The van der Waals surface area contributed by atoms with Crippen LogP contribution in [0.1, 0.15) is 24.7 Å². The van der Waals surface area contributed by atoms with Crippen LogP contribution in [0.3, 0.4) is 0 Å². The van der Waals surface area contributed by atoms with Gasteiger partial charge in [0.05, 0.1) is 5.56 Å². The molecule has 0 aliphatic carbocycles. The summed E-state index contributed by atoms with van der Waals surface area (Å²) in [6, 6.07) is 8.66. The monoisotopic (exact) mass is 415 g/mol. The van der Waals surface area contributed by atoms with Crippen LogP contribution >= 0.6 is 11.6 Å². The van der Waals surface area contributed by atoms with Crippen molar-refractivity contribution in [3.05, 3.63) is 58.8 Å². The lowest BCUT2D eigenvalue weighted by molar-refractivity contribution is 0.281. The van der Waals surface area contributed by atoms with Crippen molar-refractivity contribution in [1.29, 1.82) is 0 Å². The topological polar surface area (TPSA) is 58.3 Å². The van der Waals surface area contributed by atoms with Crippen molar-refractivity contribution in [3.8, 4) is 11.5 Å². The molecule has 1 aliphatic heterocycles. The van der Waals surface area contributed by atoms with Crippen LogP contribution < -0.4 is 4.90 Å². The Morgan fingerprint density at radius 1 is 1.14 bits per heavy atom. The highest BCUT2D eigenvalue weighted by Crippen LogP contribution is 2.29. The van der Waals surface area contributed by atoms with Crippen LogP contribution in [-0.4, -0.2) is 46.2 Å². The summed E-state index contributed by atoms with van der Waals surface area (Å²) in [7, 11) is 0. The average Bonchev–Trinajstić information content (AvgIpc) is 3.10. The zero-order valence-corrected chi connectivity index (χ0v) is 17.1. The second-order valence-electron chi connectivity index (χ2n) is 7.06. The zero-order valence-electron chi connectivity index (χ0n) is 16.3. The molecule has 0 radical (unpaired) electrons. The molecule has 1 saturated heterocycles.